The van der Waals surface area contributed by atoms with Gasteiger partial charge in [0, 0.05) is 30.6 Å². The third kappa shape index (κ3) is 2.34. The van der Waals surface area contributed by atoms with Gasteiger partial charge in [-0.2, -0.15) is 5.26 Å². The summed E-state index contributed by atoms with van der Waals surface area (Å²) in [7, 11) is 0. The molecule has 1 amide bonds. The van der Waals surface area contributed by atoms with Crippen molar-refractivity contribution in [2.24, 2.45) is 5.41 Å². The number of carbonyl (C=O) groups excluding carboxylic acids is 1. The van der Waals surface area contributed by atoms with Crippen LogP contribution < -0.4 is 10.2 Å². The number of benzene rings is 1. The van der Waals surface area contributed by atoms with E-state index in [1.807, 2.05) is 23.1 Å². The minimum atomic E-state index is 0.0435. The maximum atomic E-state index is 12.3. The summed E-state index contributed by atoms with van der Waals surface area (Å²) in [6, 6.07) is 10.3. The summed E-state index contributed by atoms with van der Waals surface area (Å²) in [4.78, 5) is 14.1. The zero-order valence-corrected chi connectivity index (χ0v) is 10.9. The maximum Gasteiger partial charge on any atom is 0.240 e. The van der Waals surface area contributed by atoms with Gasteiger partial charge in [-0.3, -0.25) is 4.79 Å². The van der Waals surface area contributed by atoms with Crippen LogP contribution in [0.25, 0.3) is 0 Å². The molecule has 0 aromatic heterocycles. The van der Waals surface area contributed by atoms with E-state index in [1.165, 1.54) is 0 Å². The SMILES string of the molecule is N#CCC1(CN2C(=O)CNCc3ccccc32)CC1. The molecule has 1 aliphatic carbocycles. The van der Waals surface area contributed by atoms with Crippen LogP contribution in [0.2, 0.25) is 0 Å². The van der Waals surface area contributed by atoms with Crippen LogP contribution in [-0.2, 0) is 11.3 Å². The third-order valence-corrected chi connectivity index (χ3v) is 4.08. The Balaban J connectivity index is 1.90. The van der Waals surface area contributed by atoms with E-state index in [-0.39, 0.29) is 11.3 Å². The second-order valence-corrected chi connectivity index (χ2v) is 5.55. The molecule has 2 aliphatic rings. The van der Waals surface area contributed by atoms with Gasteiger partial charge in [0.2, 0.25) is 5.91 Å². The van der Waals surface area contributed by atoms with Crippen molar-refractivity contribution in [1.82, 2.24) is 5.32 Å². The lowest BCUT2D eigenvalue weighted by atomic mass is 10.0. The Morgan fingerprint density at radius 3 is 2.84 bits per heavy atom. The normalized spacial score (nSPS) is 20.4. The molecule has 1 aromatic carbocycles. The number of hydrogen-bond acceptors (Lipinski definition) is 3. The number of nitrogens with zero attached hydrogens (tertiary/aromatic N) is 2. The summed E-state index contributed by atoms with van der Waals surface area (Å²) in [5.74, 6) is 0.106. The quantitative estimate of drug-likeness (QED) is 0.896. The van der Waals surface area contributed by atoms with Crippen LogP contribution in [0, 0.1) is 16.7 Å². The fourth-order valence-electron chi connectivity index (χ4n) is 2.70. The predicted octanol–water partition coefficient (Wildman–Crippen LogP) is 1.82. The molecule has 4 nitrogen and oxygen atoms in total. The molecule has 0 radical (unpaired) electrons. The van der Waals surface area contributed by atoms with Crippen molar-refractivity contribution in [2.75, 3.05) is 18.0 Å². The van der Waals surface area contributed by atoms with Crippen LogP contribution >= 0.6 is 0 Å². The number of nitriles is 1. The number of para-hydroxylation sites is 1. The van der Waals surface area contributed by atoms with Gasteiger partial charge in [-0.1, -0.05) is 18.2 Å². The Kier molecular flexibility index (Phi) is 3.00. The van der Waals surface area contributed by atoms with Crippen molar-refractivity contribution in [3.63, 3.8) is 0 Å². The highest BCUT2D eigenvalue weighted by atomic mass is 16.2. The summed E-state index contributed by atoms with van der Waals surface area (Å²) in [5, 5.41) is 12.1. The first-order valence-electron chi connectivity index (χ1n) is 6.70. The van der Waals surface area contributed by atoms with Crippen molar-refractivity contribution >= 4 is 11.6 Å². The molecule has 1 fully saturated rings. The van der Waals surface area contributed by atoms with Gasteiger partial charge in [0.25, 0.3) is 0 Å². The van der Waals surface area contributed by atoms with Gasteiger partial charge in [-0.05, 0) is 24.5 Å². The monoisotopic (exact) mass is 255 g/mol. The van der Waals surface area contributed by atoms with Gasteiger partial charge >= 0.3 is 0 Å². The Labute approximate surface area is 113 Å². The minimum absolute atomic E-state index is 0.0435. The first kappa shape index (κ1) is 12.2. The first-order valence-corrected chi connectivity index (χ1v) is 6.70. The highest BCUT2D eigenvalue weighted by Crippen LogP contribution is 2.49. The highest BCUT2D eigenvalue weighted by molar-refractivity contribution is 5.96. The van der Waals surface area contributed by atoms with Gasteiger partial charge in [0.05, 0.1) is 12.6 Å². The number of amides is 1. The summed E-state index contributed by atoms with van der Waals surface area (Å²) in [5.41, 5.74) is 2.20. The molecular formula is C15H17N3O. The molecule has 0 saturated heterocycles. The number of nitrogens with one attached hydrogen (secondary N) is 1. The largest absolute Gasteiger partial charge is 0.310 e. The minimum Gasteiger partial charge on any atom is -0.310 e. The second-order valence-electron chi connectivity index (χ2n) is 5.55. The van der Waals surface area contributed by atoms with Crippen LogP contribution in [-0.4, -0.2) is 19.0 Å². The Hall–Kier alpha value is -1.86. The summed E-state index contributed by atoms with van der Waals surface area (Å²) < 4.78 is 0. The molecule has 4 heteroatoms. The second kappa shape index (κ2) is 4.67. The molecule has 98 valence electrons. The standard InChI is InChI=1S/C15H17N3O/c16-8-7-15(5-6-15)11-18-13-4-2-1-3-12(13)9-17-10-14(18)19/h1-4,17H,5-7,9-11H2. The Morgan fingerprint density at radius 1 is 1.32 bits per heavy atom. The average molecular weight is 255 g/mol. The lowest BCUT2D eigenvalue weighted by Crippen LogP contribution is -2.39. The predicted molar refractivity (Wildman–Crippen MR) is 72.4 cm³/mol. The summed E-state index contributed by atoms with van der Waals surface area (Å²) in [6.07, 6.45) is 2.66. The van der Waals surface area contributed by atoms with Gasteiger partial charge in [-0.15, -0.1) is 0 Å². The molecule has 0 atom stereocenters. The zero-order valence-electron chi connectivity index (χ0n) is 10.9. The van der Waals surface area contributed by atoms with E-state index < -0.39 is 0 Å². The van der Waals surface area contributed by atoms with Gasteiger partial charge in [-0.25, -0.2) is 0 Å². The molecule has 1 N–H and O–H groups in total. The van der Waals surface area contributed by atoms with Crippen LogP contribution in [0.4, 0.5) is 5.69 Å². The van der Waals surface area contributed by atoms with Crippen LogP contribution in [0.3, 0.4) is 0 Å². The van der Waals surface area contributed by atoms with Crippen molar-refractivity contribution in [3.05, 3.63) is 29.8 Å². The van der Waals surface area contributed by atoms with Gasteiger partial charge < -0.3 is 10.2 Å². The van der Waals surface area contributed by atoms with E-state index in [1.54, 1.807) is 0 Å². The number of carbonyl (C=O) groups is 1. The lowest BCUT2D eigenvalue weighted by molar-refractivity contribution is -0.117. The number of fused-ring (bicyclic) bond motifs is 1. The highest BCUT2D eigenvalue weighted by Gasteiger charge is 2.45. The van der Waals surface area contributed by atoms with E-state index in [2.05, 4.69) is 17.5 Å². The molecule has 1 heterocycles. The Morgan fingerprint density at radius 2 is 2.11 bits per heavy atom. The molecule has 0 spiro atoms. The third-order valence-electron chi connectivity index (χ3n) is 4.08. The number of anilines is 1. The first-order chi connectivity index (χ1) is 9.24. The van der Waals surface area contributed by atoms with E-state index in [4.69, 9.17) is 5.26 Å². The fraction of sp³-hybridized carbons (Fsp3) is 0.467. The molecule has 0 unspecified atom stereocenters. The Bertz CT molecular complexity index is 543. The molecule has 1 saturated carbocycles. The molecule has 1 aromatic rings. The zero-order chi connectivity index (χ0) is 13.3. The van der Waals surface area contributed by atoms with Crippen molar-refractivity contribution in [3.8, 4) is 6.07 Å². The van der Waals surface area contributed by atoms with Crippen LogP contribution in [0.5, 0.6) is 0 Å². The topological polar surface area (TPSA) is 56.1 Å². The smallest absolute Gasteiger partial charge is 0.240 e. The lowest BCUT2D eigenvalue weighted by Gasteiger charge is -2.26. The van der Waals surface area contributed by atoms with E-state index in [9.17, 15) is 4.79 Å². The number of rotatable bonds is 3. The van der Waals surface area contributed by atoms with E-state index in [0.717, 1.165) is 30.6 Å². The van der Waals surface area contributed by atoms with Crippen LogP contribution in [0.1, 0.15) is 24.8 Å². The summed E-state index contributed by atoms with van der Waals surface area (Å²) >= 11 is 0. The molecular weight excluding hydrogens is 238 g/mol. The van der Waals surface area contributed by atoms with Crippen molar-refractivity contribution in [1.29, 1.82) is 5.26 Å². The molecule has 19 heavy (non-hydrogen) atoms. The van der Waals surface area contributed by atoms with Crippen LogP contribution in [0.15, 0.2) is 24.3 Å². The molecule has 3 rings (SSSR count). The van der Waals surface area contributed by atoms with Gasteiger partial charge in [0.15, 0.2) is 0 Å². The molecule has 0 bridgehead atoms. The number of hydrogen-bond donors (Lipinski definition) is 1. The summed E-state index contributed by atoms with van der Waals surface area (Å²) in [6.45, 7) is 1.78. The maximum absolute atomic E-state index is 12.3. The van der Waals surface area contributed by atoms with Crippen molar-refractivity contribution < 1.29 is 4.79 Å². The molecule has 1 aliphatic heterocycles. The van der Waals surface area contributed by atoms with Crippen molar-refractivity contribution in [2.45, 2.75) is 25.8 Å². The fourth-order valence-corrected chi connectivity index (χ4v) is 2.70. The van der Waals surface area contributed by atoms with E-state index >= 15 is 0 Å². The average Bonchev–Trinajstić information content (AvgIpc) is 3.18. The van der Waals surface area contributed by atoms with Gasteiger partial charge in [0.1, 0.15) is 0 Å². The van der Waals surface area contributed by atoms with E-state index in [0.29, 0.717) is 19.5 Å².